The van der Waals surface area contributed by atoms with Crippen LogP contribution in [0, 0.1) is 0 Å². The molecule has 94 valence electrons. The molecule has 0 bridgehead atoms. The highest BCUT2D eigenvalue weighted by Gasteiger charge is 2.05. The largest absolute Gasteiger partial charge is 0.409 e. The lowest BCUT2D eigenvalue weighted by molar-refractivity contribution is 0.280. The van der Waals surface area contributed by atoms with Gasteiger partial charge in [0.25, 0.3) is 0 Å². The predicted molar refractivity (Wildman–Crippen MR) is 68.0 cm³/mol. The quantitative estimate of drug-likeness (QED) is 0.339. The van der Waals surface area contributed by atoms with Gasteiger partial charge in [-0.1, -0.05) is 19.0 Å². The fraction of sp³-hybridized carbons (Fsp3) is 0.500. The molecule has 0 aliphatic heterocycles. The lowest BCUT2D eigenvalue weighted by atomic mass is 10.2. The first-order valence-corrected chi connectivity index (χ1v) is 5.86. The molecule has 3 N–H and O–H groups in total. The van der Waals surface area contributed by atoms with Gasteiger partial charge in [-0.25, -0.2) is 0 Å². The highest BCUT2D eigenvalue weighted by Crippen LogP contribution is 2.06. The van der Waals surface area contributed by atoms with Crippen molar-refractivity contribution in [2.75, 3.05) is 13.1 Å². The number of rotatable bonds is 6. The molecule has 0 amide bonds. The summed E-state index contributed by atoms with van der Waals surface area (Å²) in [5.74, 6) is 0.0467. The Bertz CT molecular complexity index is 379. The Labute approximate surface area is 102 Å². The molecule has 0 saturated carbocycles. The highest BCUT2D eigenvalue weighted by molar-refractivity contribution is 5.95. The third-order valence-electron chi connectivity index (χ3n) is 2.59. The van der Waals surface area contributed by atoms with E-state index in [9.17, 15) is 0 Å². The van der Waals surface area contributed by atoms with Crippen molar-refractivity contribution in [3.05, 3.63) is 29.6 Å². The van der Waals surface area contributed by atoms with Crippen LogP contribution in [0.4, 0.5) is 0 Å². The van der Waals surface area contributed by atoms with Crippen molar-refractivity contribution in [3.8, 4) is 0 Å². The zero-order chi connectivity index (χ0) is 12.7. The third kappa shape index (κ3) is 4.03. The van der Waals surface area contributed by atoms with Gasteiger partial charge in [0.15, 0.2) is 5.84 Å². The smallest absolute Gasteiger partial charge is 0.188 e. The summed E-state index contributed by atoms with van der Waals surface area (Å²) in [6.07, 6.45) is 2.81. The molecule has 5 heteroatoms. The lowest BCUT2D eigenvalue weighted by Crippen LogP contribution is -2.24. The molecule has 0 aliphatic rings. The molecule has 1 heterocycles. The molecule has 0 saturated heterocycles. The summed E-state index contributed by atoms with van der Waals surface area (Å²) in [4.78, 5) is 6.39. The van der Waals surface area contributed by atoms with Crippen LogP contribution in [0.15, 0.2) is 23.5 Å². The maximum absolute atomic E-state index is 8.60. The van der Waals surface area contributed by atoms with Gasteiger partial charge in [0, 0.05) is 12.7 Å². The second-order valence-corrected chi connectivity index (χ2v) is 3.90. The Morgan fingerprint density at radius 3 is 2.88 bits per heavy atom. The molecule has 0 fully saturated rings. The van der Waals surface area contributed by atoms with Gasteiger partial charge in [-0.05, 0) is 37.2 Å². The van der Waals surface area contributed by atoms with Gasteiger partial charge in [-0.2, -0.15) is 0 Å². The van der Waals surface area contributed by atoms with Crippen molar-refractivity contribution in [2.45, 2.75) is 26.8 Å². The first kappa shape index (κ1) is 13.4. The fourth-order valence-corrected chi connectivity index (χ4v) is 1.69. The zero-order valence-corrected chi connectivity index (χ0v) is 10.4. The fourth-order valence-electron chi connectivity index (χ4n) is 1.69. The minimum atomic E-state index is 0.0467. The highest BCUT2D eigenvalue weighted by atomic mass is 16.4. The van der Waals surface area contributed by atoms with Crippen LogP contribution < -0.4 is 5.73 Å². The topological polar surface area (TPSA) is 74.7 Å². The number of nitrogens with zero attached hydrogens (tertiary/aromatic N) is 3. The number of hydrogen-bond acceptors (Lipinski definition) is 4. The van der Waals surface area contributed by atoms with Crippen molar-refractivity contribution in [1.29, 1.82) is 0 Å². The second-order valence-electron chi connectivity index (χ2n) is 3.90. The Balaban J connectivity index is 2.77. The van der Waals surface area contributed by atoms with Crippen LogP contribution in [0.25, 0.3) is 0 Å². The molecule has 0 atom stereocenters. The van der Waals surface area contributed by atoms with Crippen LogP contribution in [0.5, 0.6) is 0 Å². The Kier molecular flexibility index (Phi) is 5.42. The maximum Gasteiger partial charge on any atom is 0.188 e. The first-order chi connectivity index (χ1) is 8.21. The van der Waals surface area contributed by atoms with E-state index in [0.717, 1.165) is 31.6 Å². The van der Waals surface area contributed by atoms with Crippen LogP contribution in [0.3, 0.4) is 0 Å². The van der Waals surface area contributed by atoms with E-state index in [1.807, 2.05) is 12.1 Å². The molecule has 1 aromatic rings. The lowest BCUT2D eigenvalue weighted by Gasteiger charge is -2.19. The van der Waals surface area contributed by atoms with Crippen LogP contribution >= 0.6 is 0 Å². The number of hydrogen-bond donors (Lipinski definition) is 2. The summed E-state index contributed by atoms with van der Waals surface area (Å²) >= 11 is 0. The van der Waals surface area contributed by atoms with E-state index >= 15 is 0 Å². The number of nitrogens with two attached hydrogens (primary N) is 1. The molecule has 0 aliphatic carbocycles. The van der Waals surface area contributed by atoms with Crippen LogP contribution in [0.1, 0.15) is 31.5 Å². The van der Waals surface area contributed by atoms with Crippen molar-refractivity contribution in [3.63, 3.8) is 0 Å². The summed E-state index contributed by atoms with van der Waals surface area (Å²) in [7, 11) is 0. The first-order valence-electron chi connectivity index (χ1n) is 5.86. The number of amidine groups is 1. The van der Waals surface area contributed by atoms with Gasteiger partial charge < -0.3 is 10.9 Å². The molecule has 17 heavy (non-hydrogen) atoms. The molecular formula is C12H20N4O. The molecule has 0 spiro atoms. The predicted octanol–water partition coefficient (Wildman–Crippen LogP) is 1.41. The summed E-state index contributed by atoms with van der Waals surface area (Å²) in [6.45, 7) is 7.24. The molecule has 0 radical (unpaired) electrons. The van der Waals surface area contributed by atoms with Gasteiger partial charge in [-0.15, -0.1) is 0 Å². The van der Waals surface area contributed by atoms with E-state index < -0.39 is 0 Å². The second kappa shape index (κ2) is 6.85. The normalized spacial score (nSPS) is 12.1. The van der Waals surface area contributed by atoms with Crippen molar-refractivity contribution >= 4 is 5.84 Å². The number of pyridine rings is 1. The Hall–Kier alpha value is -1.62. The van der Waals surface area contributed by atoms with Crippen LogP contribution in [-0.2, 0) is 6.54 Å². The summed E-state index contributed by atoms with van der Waals surface area (Å²) in [6, 6.07) is 3.81. The molecule has 5 nitrogen and oxygen atoms in total. The molecule has 1 rings (SSSR count). The van der Waals surface area contributed by atoms with Crippen LogP contribution in [0.2, 0.25) is 0 Å². The van der Waals surface area contributed by atoms with Crippen molar-refractivity contribution < 1.29 is 5.21 Å². The third-order valence-corrected chi connectivity index (χ3v) is 2.59. The van der Waals surface area contributed by atoms with E-state index in [1.165, 1.54) is 0 Å². The summed E-state index contributed by atoms with van der Waals surface area (Å²) in [5, 5.41) is 11.6. The van der Waals surface area contributed by atoms with Gasteiger partial charge in [0.2, 0.25) is 0 Å². The molecular weight excluding hydrogens is 216 g/mol. The minimum absolute atomic E-state index is 0.0467. The monoisotopic (exact) mass is 236 g/mol. The van der Waals surface area contributed by atoms with E-state index in [0.29, 0.717) is 5.69 Å². The summed E-state index contributed by atoms with van der Waals surface area (Å²) in [5.41, 5.74) is 7.14. The Morgan fingerprint density at radius 1 is 1.53 bits per heavy atom. The Morgan fingerprint density at radius 2 is 2.29 bits per heavy atom. The van der Waals surface area contributed by atoms with E-state index in [4.69, 9.17) is 10.9 Å². The van der Waals surface area contributed by atoms with Gasteiger partial charge >= 0.3 is 0 Å². The maximum atomic E-state index is 8.60. The van der Waals surface area contributed by atoms with Crippen LogP contribution in [-0.4, -0.2) is 34.0 Å². The number of oxime groups is 1. The van der Waals surface area contributed by atoms with Crippen molar-refractivity contribution in [2.24, 2.45) is 10.9 Å². The average molecular weight is 236 g/mol. The standard InChI is InChI=1S/C12H20N4O/c1-3-7-16(4-2)9-10-5-6-14-11(8-10)12(13)15-17/h5-6,8,17H,3-4,7,9H2,1-2H3,(H2,13,15). The van der Waals surface area contributed by atoms with E-state index in [-0.39, 0.29) is 5.84 Å². The zero-order valence-electron chi connectivity index (χ0n) is 10.4. The minimum Gasteiger partial charge on any atom is -0.409 e. The van der Waals surface area contributed by atoms with E-state index in [2.05, 4.69) is 28.9 Å². The SMILES string of the molecule is CCCN(CC)Cc1ccnc(C(N)=NO)c1. The van der Waals surface area contributed by atoms with Gasteiger partial charge in [0.05, 0.1) is 0 Å². The average Bonchev–Trinajstić information content (AvgIpc) is 2.37. The molecule has 1 aromatic heterocycles. The van der Waals surface area contributed by atoms with Gasteiger partial charge in [-0.3, -0.25) is 9.88 Å². The van der Waals surface area contributed by atoms with E-state index in [1.54, 1.807) is 6.20 Å². The summed E-state index contributed by atoms with van der Waals surface area (Å²) < 4.78 is 0. The molecule has 0 aromatic carbocycles. The van der Waals surface area contributed by atoms with Crippen molar-refractivity contribution in [1.82, 2.24) is 9.88 Å². The van der Waals surface area contributed by atoms with Gasteiger partial charge in [0.1, 0.15) is 5.69 Å². The molecule has 0 unspecified atom stereocenters. The number of aromatic nitrogens is 1.